The fraction of sp³-hybridized carbons (Fsp3) is 0.172. The van der Waals surface area contributed by atoms with Gasteiger partial charge in [-0.05, 0) is 54.8 Å². The highest BCUT2D eigenvalue weighted by Crippen LogP contribution is 2.32. The number of ether oxygens (including phenoxy) is 1. The maximum atomic E-state index is 13.2. The van der Waals surface area contributed by atoms with Crippen LogP contribution in [0.25, 0.3) is 0 Å². The number of nitrogens with zero attached hydrogens (tertiary/aromatic N) is 1. The lowest BCUT2D eigenvalue weighted by Crippen LogP contribution is -2.32. The largest absolute Gasteiger partial charge is 0.545 e. The van der Waals surface area contributed by atoms with Crippen LogP contribution in [-0.2, 0) is 16.0 Å². The molecule has 0 unspecified atom stereocenters. The summed E-state index contributed by atoms with van der Waals surface area (Å²) in [7, 11) is 1.27. The van der Waals surface area contributed by atoms with Gasteiger partial charge in [-0.15, -0.1) is 0 Å². The van der Waals surface area contributed by atoms with Gasteiger partial charge in [-0.25, -0.2) is 4.90 Å². The summed E-state index contributed by atoms with van der Waals surface area (Å²) in [5, 5.41) is 16.4. The van der Waals surface area contributed by atoms with E-state index in [4.69, 9.17) is 27.9 Å². The second kappa shape index (κ2) is 12.2. The molecular formula is C29H24Cl2N3O6-. The molecule has 0 aromatic heterocycles. The maximum absolute atomic E-state index is 13.2. The highest BCUT2D eigenvalue weighted by atomic mass is 35.5. The molecule has 40 heavy (non-hydrogen) atoms. The zero-order valence-electron chi connectivity index (χ0n) is 21.5. The molecular weight excluding hydrogens is 557 g/mol. The number of imide groups is 1. The molecule has 0 spiro atoms. The van der Waals surface area contributed by atoms with Crippen molar-refractivity contribution in [2.75, 3.05) is 22.6 Å². The molecule has 3 amide bonds. The van der Waals surface area contributed by atoms with Gasteiger partial charge < -0.3 is 25.3 Å². The number of halogens is 2. The summed E-state index contributed by atoms with van der Waals surface area (Å²) in [6.45, 7) is 2.10. The standard InChI is InChI=1S/C29H25Cl2N3O6/c1-3-4-6-16-9-11-19(12-10-16)34-27(36)24(31)25(28(34)37)32-18-8-5-7-17(13-18)26(35)33-22-15-23(40-2)20(29(38)39)14-21(22)30/h5,7-15,32H,3-4,6H2,1-2H3,(H,33,35)(H,38,39)/p-1. The van der Waals surface area contributed by atoms with Gasteiger partial charge in [0.25, 0.3) is 17.7 Å². The minimum atomic E-state index is -1.48. The highest BCUT2D eigenvalue weighted by molar-refractivity contribution is 6.53. The molecule has 9 nitrogen and oxygen atoms in total. The van der Waals surface area contributed by atoms with Gasteiger partial charge >= 0.3 is 0 Å². The number of amides is 3. The Kier molecular flexibility index (Phi) is 8.77. The minimum absolute atomic E-state index is 0.0341. The Labute approximate surface area is 240 Å². The fourth-order valence-electron chi connectivity index (χ4n) is 4.09. The van der Waals surface area contributed by atoms with Gasteiger partial charge in [-0.2, -0.15) is 0 Å². The van der Waals surface area contributed by atoms with Gasteiger partial charge in [0.1, 0.15) is 16.5 Å². The number of aryl methyl sites for hydroxylation is 1. The SMILES string of the molecule is CCCCc1ccc(N2C(=O)C(Cl)=C(Nc3cccc(C(=O)Nc4cc(OC)c(C(=O)[O-])cc4Cl)c3)C2=O)cc1. The molecule has 3 aromatic rings. The minimum Gasteiger partial charge on any atom is -0.545 e. The highest BCUT2D eigenvalue weighted by Gasteiger charge is 2.39. The lowest BCUT2D eigenvalue weighted by molar-refractivity contribution is -0.255. The first-order valence-corrected chi connectivity index (χ1v) is 13.0. The van der Waals surface area contributed by atoms with Gasteiger partial charge in [0, 0.05) is 22.9 Å². The average molecular weight is 581 g/mol. The van der Waals surface area contributed by atoms with Crippen LogP contribution in [0, 0.1) is 0 Å². The summed E-state index contributed by atoms with van der Waals surface area (Å²) in [4.78, 5) is 51.2. The quantitative estimate of drug-likeness (QED) is 0.331. The van der Waals surface area contributed by atoms with Crippen LogP contribution in [0.2, 0.25) is 5.02 Å². The fourth-order valence-corrected chi connectivity index (χ4v) is 4.52. The first-order chi connectivity index (χ1) is 19.1. The van der Waals surface area contributed by atoms with Crippen LogP contribution < -0.4 is 25.4 Å². The van der Waals surface area contributed by atoms with Crippen molar-refractivity contribution in [3.63, 3.8) is 0 Å². The molecule has 4 rings (SSSR count). The number of nitrogens with one attached hydrogen (secondary N) is 2. The molecule has 2 N–H and O–H groups in total. The maximum Gasteiger partial charge on any atom is 0.283 e. The van der Waals surface area contributed by atoms with E-state index in [-0.39, 0.29) is 38.3 Å². The van der Waals surface area contributed by atoms with E-state index in [1.165, 1.54) is 25.3 Å². The van der Waals surface area contributed by atoms with Crippen LogP contribution >= 0.6 is 23.2 Å². The van der Waals surface area contributed by atoms with E-state index >= 15 is 0 Å². The number of hydrogen-bond acceptors (Lipinski definition) is 7. The van der Waals surface area contributed by atoms with Crippen LogP contribution in [-0.4, -0.2) is 30.8 Å². The zero-order chi connectivity index (χ0) is 29.0. The molecule has 0 radical (unpaired) electrons. The second-order valence-electron chi connectivity index (χ2n) is 8.88. The van der Waals surface area contributed by atoms with E-state index in [1.807, 2.05) is 12.1 Å². The molecule has 0 aliphatic carbocycles. The first-order valence-electron chi connectivity index (χ1n) is 12.3. The lowest BCUT2D eigenvalue weighted by atomic mass is 10.1. The third-order valence-corrected chi connectivity index (χ3v) is 6.86. The molecule has 0 saturated heterocycles. The predicted octanol–water partition coefficient (Wildman–Crippen LogP) is 4.74. The first kappa shape index (κ1) is 28.7. The number of benzene rings is 3. The zero-order valence-corrected chi connectivity index (χ0v) is 23.1. The lowest BCUT2D eigenvalue weighted by Gasteiger charge is -2.16. The van der Waals surface area contributed by atoms with Crippen molar-refractivity contribution in [3.05, 3.63) is 93.1 Å². The summed E-state index contributed by atoms with van der Waals surface area (Å²) < 4.78 is 5.05. The summed E-state index contributed by atoms with van der Waals surface area (Å²) in [6.07, 6.45) is 3.00. The number of unbranched alkanes of at least 4 members (excludes halogenated alkanes) is 1. The number of aromatic carboxylic acids is 1. The van der Waals surface area contributed by atoms with E-state index in [2.05, 4.69) is 17.6 Å². The Bertz CT molecular complexity index is 1540. The Morgan fingerprint density at radius 3 is 2.38 bits per heavy atom. The van der Waals surface area contributed by atoms with E-state index in [9.17, 15) is 24.3 Å². The molecule has 0 atom stereocenters. The molecule has 1 heterocycles. The van der Waals surface area contributed by atoms with Crippen molar-refractivity contribution >= 4 is 64.0 Å². The topological polar surface area (TPSA) is 128 Å². The molecule has 0 fully saturated rings. The van der Waals surface area contributed by atoms with Gasteiger partial charge in [-0.1, -0.05) is 54.7 Å². The summed E-state index contributed by atoms with van der Waals surface area (Å²) >= 11 is 12.4. The predicted molar refractivity (Wildman–Crippen MR) is 151 cm³/mol. The summed E-state index contributed by atoms with van der Waals surface area (Å²) in [5.74, 6) is -3.38. The van der Waals surface area contributed by atoms with Crippen LogP contribution in [0.5, 0.6) is 5.75 Å². The van der Waals surface area contributed by atoms with Gasteiger partial charge in [-0.3, -0.25) is 14.4 Å². The van der Waals surface area contributed by atoms with Gasteiger partial charge in [0.15, 0.2) is 0 Å². The molecule has 11 heteroatoms. The van der Waals surface area contributed by atoms with Crippen molar-refractivity contribution in [2.45, 2.75) is 26.2 Å². The number of methoxy groups -OCH3 is 1. The van der Waals surface area contributed by atoms with Gasteiger partial charge in [0.2, 0.25) is 0 Å². The van der Waals surface area contributed by atoms with E-state index in [1.54, 1.807) is 24.3 Å². The Morgan fingerprint density at radius 1 is 1.00 bits per heavy atom. The van der Waals surface area contributed by atoms with Crippen molar-refractivity contribution in [3.8, 4) is 5.75 Å². The molecule has 0 bridgehead atoms. The Morgan fingerprint density at radius 2 is 1.73 bits per heavy atom. The van der Waals surface area contributed by atoms with Gasteiger partial charge in [0.05, 0.1) is 29.5 Å². The van der Waals surface area contributed by atoms with Crippen molar-refractivity contribution in [2.24, 2.45) is 0 Å². The molecule has 0 saturated carbocycles. The van der Waals surface area contributed by atoms with E-state index < -0.39 is 23.7 Å². The van der Waals surface area contributed by atoms with Crippen LogP contribution in [0.1, 0.15) is 46.0 Å². The van der Waals surface area contributed by atoms with E-state index in [0.29, 0.717) is 11.4 Å². The number of hydrogen-bond donors (Lipinski definition) is 2. The number of carboxylic acids is 1. The third kappa shape index (κ3) is 5.95. The number of rotatable bonds is 10. The number of carbonyl (C=O) groups is 4. The second-order valence-corrected chi connectivity index (χ2v) is 9.67. The average Bonchev–Trinajstić information content (AvgIpc) is 3.15. The number of anilines is 3. The number of carbonyl (C=O) groups excluding carboxylic acids is 4. The smallest absolute Gasteiger partial charge is 0.283 e. The summed E-state index contributed by atoms with van der Waals surface area (Å²) in [5.41, 5.74) is 1.74. The number of carboxylic acid groups (broad SMARTS) is 1. The molecule has 1 aliphatic rings. The third-order valence-electron chi connectivity index (χ3n) is 6.19. The monoisotopic (exact) mass is 580 g/mol. The normalized spacial score (nSPS) is 13.1. The van der Waals surface area contributed by atoms with E-state index in [0.717, 1.165) is 35.8 Å². The van der Waals surface area contributed by atoms with Crippen molar-refractivity contribution < 1.29 is 29.0 Å². The molecule has 206 valence electrons. The molecule has 1 aliphatic heterocycles. The van der Waals surface area contributed by atoms with Crippen molar-refractivity contribution in [1.29, 1.82) is 0 Å². The van der Waals surface area contributed by atoms with Crippen LogP contribution in [0.3, 0.4) is 0 Å². The Balaban J connectivity index is 1.51. The summed E-state index contributed by atoms with van der Waals surface area (Å²) in [6, 6.07) is 15.7. The van der Waals surface area contributed by atoms with Crippen LogP contribution in [0.4, 0.5) is 17.1 Å². The van der Waals surface area contributed by atoms with Crippen molar-refractivity contribution in [1.82, 2.24) is 0 Å². The molecule has 3 aromatic carbocycles. The Hall–Kier alpha value is -4.34. The van der Waals surface area contributed by atoms with Crippen LogP contribution in [0.15, 0.2) is 71.4 Å².